The monoisotopic (exact) mass is 240 g/mol. The predicted molar refractivity (Wildman–Crippen MR) is 60.5 cm³/mol. The molecule has 0 radical (unpaired) electrons. The van der Waals surface area contributed by atoms with Crippen LogP contribution in [-0.2, 0) is 6.54 Å². The summed E-state index contributed by atoms with van der Waals surface area (Å²) in [4.78, 5) is 4.82. The molecular weight excluding hydrogens is 230 g/mol. The third-order valence-electron chi connectivity index (χ3n) is 2.21. The van der Waals surface area contributed by atoms with Gasteiger partial charge in [-0.15, -0.1) is 11.3 Å². The molecule has 2 aromatic rings. The summed E-state index contributed by atoms with van der Waals surface area (Å²) in [5.74, 6) is -1.11. The second kappa shape index (κ2) is 4.57. The van der Waals surface area contributed by atoms with Crippen molar-refractivity contribution in [2.75, 3.05) is 5.32 Å². The zero-order chi connectivity index (χ0) is 11.5. The van der Waals surface area contributed by atoms with E-state index in [4.69, 9.17) is 0 Å². The highest BCUT2D eigenvalue weighted by Crippen LogP contribution is 2.22. The Bertz CT molecular complexity index is 483. The van der Waals surface area contributed by atoms with Crippen LogP contribution in [0, 0.1) is 18.6 Å². The fourth-order valence-corrected chi connectivity index (χ4v) is 1.86. The lowest BCUT2D eigenvalue weighted by Crippen LogP contribution is -2.03. The number of thiazole rings is 1. The lowest BCUT2D eigenvalue weighted by Gasteiger charge is -2.08. The first-order chi connectivity index (χ1) is 7.68. The van der Waals surface area contributed by atoms with Crippen molar-refractivity contribution in [3.8, 4) is 0 Å². The van der Waals surface area contributed by atoms with E-state index < -0.39 is 11.6 Å². The number of halogens is 2. The van der Waals surface area contributed by atoms with Crippen molar-refractivity contribution in [2.24, 2.45) is 0 Å². The van der Waals surface area contributed by atoms with Crippen LogP contribution in [0.1, 0.15) is 10.4 Å². The van der Waals surface area contributed by atoms with E-state index in [9.17, 15) is 8.78 Å². The minimum Gasteiger partial charge on any atom is -0.375 e. The molecule has 2 rings (SSSR count). The zero-order valence-electron chi connectivity index (χ0n) is 8.63. The molecule has 5 heteroatoms. The predicted octanol–water partition coefficient (Wildman–Crippen LogP) is 3.34. The highest BCUT2D eigenvalue weighted by atomic mass is 32.1. The molecule has 0 fully saturated rings. The number of nitrogens with one attached hydrogen (secondary N) is 1. The molecule has 1 aromatic carbocycles. The molecule has 0 saturated heterocycles. The minimum atomic E-state index is -0.576. The number of anilines is 1. The first-order valence-corrected chi connectivity index (χ1v) is 5.62. The highest BCUT2D eigenvalue weighted by molar-refractivity contribution is 7.09. The van der Waals surface area contributed by atoms with Crippen LogP contribution >= 0.6 is 11.3 Å². The Balaban J connectivity index is 2.18. The number of aryl methyl sites for hydroxylation is 1. The standard InChI is InChI=1S/C11H10F2N2S/c1-7-2-3-9(12)11(10(7)13)15-5-8-4-14-6-16-8/h2-4,6,15H,5H2,1H3. The third-order valence-corrected chi connectivity index (χ3v) is 2.99. The number of hydrogen-bond donors (Lipinski definition) is 1. The SMILES string of the molecule is Cc1ccc(F)c(NCc2cncs2)c1F. The lowest BCUT2D eigenvalue weighted by atomic mass is 10.2. The summed E-state index contributed by atoms with van der Waals surface area (Å²) in [7, 11) is 0. The Labute approximate surface area is 96.0 Å². The van der Waals surface area contributed by atoms with Crippen LogP contribution in [0.2, 0.25) is 0 Å². The van der Waals surface area contributed by atoms with Gasteiger partial charge in [-0.1, -0.05) is 6.07 Å². The van der Waals surface area contributed by atoms with Crippen LogP contribution in [0.3, 0.4) is 0 Å². The zero-order valence-corrected chi connectivity index (χ0v) is 9.44. The maximum Gasteiger partial charge on any atom is 0.152 e. The fourth-order valence-electron chi connectivity index (χ4n) is 1.32. The molecule has 0 aliphatic rings. The second-order valence-corrected chi connectivity index (χ2v) is 4.35. The number of hydrogen-bond acceptors (Lipinski definition) is 3. The molecule has 16 heavy (non-hydrogen) atoms. The quantitative estimate of drug-likeness (QED) is 0.890. The molecule has 0 aliphatic carbocycles. The van der Waals surface area contributed by atoms with Gasteiger partial charge in [0.25, 0.3) is 0 Å². The van der Waals surface area contributed by atoms with Crippen molar-refractivity contribution >= 4 is 17.0 Å². The summed E-state index contributed by atoms with van der Waals surface area (Å²) in [6, 6.07) is 2.68. The molecule has 2 nitrogen and oxygen atoms in total. The molecule has 1 heterocycles. The van der Waals surface area contributed by atoms with Crippen molar-refractivity contribution in [3.05, 3.63) is 45.9 Å². The van der Waals surface area contributed by atoms with E-state index in [1.807, 2.05) is 0 Å². The van der Waals surface area contributed by atoms with Gasteiger partial charge in [0.2, 0.25) is 0 Å². The molecule has 0 atom stereocenters. The number of aromatic nitrogens is 1. The van der Waals surface area contributed by atoms with E-state index in [1.165, 1.54) is 23.5 Å². The molecule has 84 valence electrons. The van der Waals surface area contributed by atoms with Crippen molar-refractivity contribution < 1.29 is 8.78 Å². The third kappa shape index (κ3) is 2.19. The Hall–Kier alpha value is -1.49. The van der Waals surface area contributed by atoms with Gasteiger partial charge in [0.05, 0.1) is 12.1 Å². The number of benzene rings is 1. The van der Waals surface area contributed by atoms with Gasteiger partial charge in [-0.25, -0.2) is 8.78 Å². The van der Waals surface area contributed by atoms with E-state index in [0.29, 0.717) is 12.1 Å². The van der Waals surface area contributed by atoms with Crippen LogP contribution in [0.25, 0.3) is 0 Å². The van der Waals surface area contributed by atoms with Gasteiger partial charge >= 0.3 is 0 Å². The van der Waals surface area contributed by atoms with Crippen LogP contribution in [0.15, 0.2) is 23.8 Å². The summed E-state index contributed by atoms with van der Waals surface area (Å²) in [5, 5.41) is 2.74. The number of nitrogens with zero attached hydrogens (tertiary/aromatic N) is 1. The molecule has 0 saturated carbocycles. The van der Waals surface area contributed by atoms with Gasteiger partial charge in [0, 0.05) is 11.1 Å². The summed E-state index contributed by atoms with van der Waals surface area (Å²) in [5.41, 5.74) is 2.03. The van der Waals surface area contributed by atoms with Crippen molar-refractivity contribution in [3.63, 3.8) is 0 Å². The average molecular weight is 240 g/mol. The van der Waals surface area contributed by atoms with E-state index in [2.05, 4.69) is 10.3 Å². The lowest BCUT2D eigenvalue weighted by molar-refractivity contribution is 0.582. The van der Waals surface area contributed by atoms with Gasteiger partial charge < -0.3 is 5.32 Å². The van der Waals surface area contributed by atoms with E-state index in [0.717, 1.165) is 4.88 Å². The molecule has 0 aliphatic heterocycles. The van der Waals surface area contributed by atoms with Gasteiger partial charge in [0.1, 0.15) is 11.5 Å². The highest BCUT2D eigenvalue weighted by Gasteiger charge is 2.10. The van der Waals surface area contributed by atoms with Gasteiger partial charge in [0.15, 0.2) is 5.82 Å². The van der Waals surface area contributed by atoms with Gasteiger partial charge in [-0.2, -0.15) is 0 Å². The van der Waals surface area contributed by atoms with Crippen LogP contribution < -0.4 is 5.32 Å². The Kier molecular flexibility index (Phi) is 3.14. The summed E-state index contributed by atoms with van der Waals surface area (Å²) < 4.78 is 26.9. The fraction of sp³-hybridized carbons (Fsp3) is 0.182. The Morgan fingerprint density at radius 1 is 1.38 bits per heavy atom. The Morgan fingerprint density at radius 3 is 2.88 bits per heavy atom. The summed E-state index contributed by atoms with van der Waals surface area (Å²) in [6.07, 6.45) is 1.67. The smallest absolute Gasteiger partial charge is 0.152 e. The molecule has 1 aromatic heterocycles. The van der Waals surface area contributed by atoms with E-state index in [1.54, 1.807) is 18.6 Å². The molecule has 0 unspecified atom stereocenters. The number of rotatable bonds is 3. The van der Waals surface area contributed by atoms with E-state index in [-0.39, 0.29) is 5.69 Å². The largest absolute Gasteiger partial charge is 0.375 e. The van der Waals surface area contributed by atoms with Crippen molar-refractivity contribution in [1.82, 2.24) is 4.98 Å². The van der Waals surface area contributed by atoms with Gasteiger partial charge in [-0.05, 0) is 18.6 Å². The normalized spacial score (nSPS) is 10.4. The molecular formula is C11H10F2N2S. The van der Waals surface area contributed by atoms with Crippen LogP contribution in [0.5, 0.6) is 0 Å². The molecule has 0 bridgehead atoms. The average Bonchev–Trinajstić information content (AvgIpc) is 2.77. The Morgan fingerprint density at radius 2 is 2.19 bits per heavy atom. The maximum atomic E-state index is 13.6. The molecule has 0 spiro atoms. The second-order valence-electron chi connectivity index (χ2n) is 3.37. The molecule has 1 N–H and O–H groups in total. The van der Waals surface area contributed by atoms with Crippen molar-refractivity contribution in [1.29, 1.82) is 0 Å². The van der Waals surface area contributed by atoms with Crippen LogP contribution in [-0.4, -0.2) is 4.98 Å². The first kappa shape index (κ1) is 11.0. The first-order valence-electron chi connectivity index (χ1n) is 4.74. The molecule has 0 amide bonds. The van der Waals surface area contributed by atoms with E-state index >= 15 is 0 Å². The maximum absolute atomic E-state index is 13.6. The van der Waals surface area contributed by atoms with Crippen molar-refractivity contribution in [2.45, 2.75) is 13.5 Å². The van der Waals surface area contributed by atoms with Crippen LogP contribution in [0.4, 0.5) is 14.5 Å². The minimum absolute atomic E-state index is 0.0756. The van der Waals surface area contributed by atoms with Gasteiger partial charge in [-0.3, -0.25) is 4.98 Å². The topological polar surface area (TPSA) is 24.9 Å². The summed E-state index contributed by atoms with van der Waals surface area (Å²) in [6.45, 7) is 1.98. The summed E-state index contributed by atoms with van der Waals surface area (Å²) >= 11 is 1.44.